The molecule has 0 aliphatic heterocycles. The lowest BCUT2D eigenvalue weighted by Gasteiger charge is -2.10. The Hall–Kier alpha value is -1.76. The number of nitrogen functional groups attached to an aromatic ring is 1. The smallest absolute Gasteiger partial charge is 0.252 e. The SMILES string of the molecule is COc1cc(N)c(S(C)(=O)=O)cc1C(N)=O. The first kappa shape index (κ1) is 12.3. The van der Waals surface area contributed by atoms with Crippen LogP contribution in [0.2, 0.25) is 0 Å². The summed E-state index contributed by atoms with van der Waals surface area (Å²) in [5, 5.41) is 0. The zero-order valence-corrected chi connectivity index (χ0v) is 9.67. The van der Waals surface area contributed by atoms with E-state index < -0.39 is 15.7 Å². The minimum absolute atomic E-state index is 0.0166. The number of nitrogens with two attached hydrogens (primary N) is 2. The number of sulfone groups is 1. The van der Waals surface area contributed by atoms with Crippen molar-refractivity contribution in [3.05, 3.63) is 17.7 Å². The van der Waals surface area contributed by atoms with Gasteiger partial charge in [-0.3, -0.25) is 4.79 Å². The Morgan fingerprint density at radius 1 is 1.38 bits per heavy atom. The Labute approximate surface area is 93.1 Å². The molecule has 0 radical (unpaired) electrons. The summed E-state index contributed by atoms with van der Waals surface area (Å²) >= 11 is 0. The van der Waals surface area contributed by atoms with E-state index in [1.54, 1.807) is 0 Å². The highest BCUT2D eigenvalue weighted by molar-refractivity contribution is 7.90. The van der Waals surface area contributed by atoms with Crippen molar-refractivity contribution < 1.29 is 17.9 Å². The number of ether oxygens (including phenoxy) is 1. The first-order valence-corrected chi connectivity index (χ1v) is 6.14. The van der Waals surface area contributed by atoms with Gasteiger partial charge in [0.1, 0.15) is 5.75 Å². The number of hydrogen-bond donors (Lipinski definition) is 2. The van der Waals surface area contributed by atoms with Crippen LogP contribution < -0.4 is 16.2 Å². The number of amides is 1. The van der Waals surface area contributed by atoms with Crippen LogP contribution >= 0.6 is 0 Å². The van der Waals surface area contributed by atoms with Gasteiger partial charge in [-0.25, -0.2) is 8.42 Å². The zero-order chi connectivity index (χ0) is 12.5. The Kier molecular flexibility index (Phi) is 3.09. The maximum atomic E-state index is 11.4. The van der Waals surface area contributed by atoms with Gasteiger partial charge in [-0.2, -0.15) is 0 Å². The Bertz CT molecular complexity index is 537. The van der Waals surface area contributed by atoms with Crippen molar-refractivity contribution in [3.63, 3.8) is 0 Å². The molecule has 0 unspecified atom stereocenters. The van der Waals surface area contributed by atoms with E-state index in [9.17, 15) is 13.2 Å². The maximum absolute atomic E-state index is 11.4. The molecule has 0 saturated carbocycles. The number of hydrogen-bond acceptors (Lipinski definition) is 5. The van der Waals surface area contributed by atoms with Crippen LogP contribution in [0.5, 0.6) is 5.75 Å². The average molecular weight is 244 g/mol. The van der Waals surface area contributed by atoms with Crippen molar-refractivity contribution in [2.75, 3.05) is 19.1 Å². The molecule has 0 saturated heterocycles. The molecule has 1 aromatic carbocycles. The monoisotopic (exact) mass is 244 g/mol. The fourth-order valence-corrected chi connectivity index (χ4v) is 2.08. The van der Waals surface area contributed by atoms with Crippen LogP contribution in [-0.4, -0.2) is 27.7 Å². The van der Waals surface area contributed by atoms with E-state index in [0.29, 0.717) is 0 Å². The second-order valence-electron chi connectivity index (χ2n) is 3.23. The van der Waals surface area contributed by atoms with Crippen LogP contribution in [0.1, 0.15) is 10.4 Å². The van der Waals surface area contributed by atoms with Crippen molar-refractivity contribution in [3.8, 4) is 5.75 Å². The molecule has 1 rings (SSSR count). The number of carbonyl (C=O) groups excluding carboxylic acids is 1. The lowest BCUT2D eigenvalue weighted by atomic mass is 10.1. The molecule has 0 bridgehead atoms. The van der Waals surface area contributed by atoms with Crippen molar-refractivity contribution in [1.29, 1.82) is 0 Å². The predicted octanol–water partition coefficient (Wildman–Crippen LogP) is -0.220. The number of primary amides is 1. The van der Waals surface area contributed by atoms with Gasteiger partial charge >= 0.3 is 0 Å². The van der Waals surface area contributed by atoms with E-state index in [1.165, 1.54) is 13.2 Å². The zero-order valence-electron chi connectivity index (χ0n) is 8.85. The van der Waals surface area contributed by atoms with E-state index in [0.717, 1.165) is 12.3 Å². The van der Waals surface area contributed by atoms with Gasteiger partial charge in [0.05, 0.1) is 23.3 Å². The third-order valence-corrected chi connectivity index (χ3v) is 3.15. The van der Waals surface area contributed by atoms with E-state index in [-0.39, 0.29) is 21.9 Å². The van der Waals surface area contributed by atoms with Crippen molar-refractivity contribution in [2.45, 2.75) is 4.90 Å². The first-order chi connectivity index (χ1) is 7.27. The summed E-state index contributed by atoms with van der Waals surface area (Å²) in [4.78, 5) is 10.9. The van der Waals surface area contributed by atoms with Gasteiger partial charge in [0.15, 0.2) is 9.84 Å². The average Bonchev–Trinajstić information content (AvgIpc) is 2.14. The minimum atomic E-state index is -3.50. The highest BCUT2D eigenvalue weighted by Crippen LogP contribution is 2.28. The van der Waals surface area contributed by atoms with Gasteiger partial charge in [0, 0.05) is 12.3 Å². The number of methoxy groups -OCH3 is 1. The third-order valence-electron chi connectivity index (χ3n) is 2.00. The molecule has 1 amide bonds. The summed E-state index contributed by atoms with van der Waals surface area (Å²) in [6.07, 6.45) is 0.996. The largest absolute Gasteiger partial charge is 0.496 e. The topological polar surface area (TPSA) is 112 Å². The van der Waals surface area contributed by atoms with Crippen molar-refractivity contribution >= 4 is 21.4 Å². The molecule has 0 aliphatic rings. The summed E-state index contributed by atoms with van der Waals surface area (Å²) in [5.41, 5.74) is 10.6. The van der Waals surface area contributed by atoms with Gasteiger partial charge in [-0.1, -0.05) is 0 Å². The third kappa shape index (κ3) is 2.25. The van der Waals surface area contributed by atoms with Crippen molar-refractivity contribution in [1.82, 2.24) is 0 Å². The highest BCUT2D eigenvalue weighted by atomic mass is 32.2. The molecule has 0 heterocycles. The fourth-order valence-electron chi connectivity index (χ4n) is 1.26. The lowest BCUT2D eigenvalue weighted by molar-refractivity contribution is 0.0997. The van der Waals surface area contributed by atoms with E-state index in [1.807, 2.05) is 0 Å². The molecule has 6 nitrogen and oxygen atoms in total. The predicted molar refractivity (Wildman–Crippen MR) is 59.0 cm³/mol. The minimum Gasteiger partial charge on any atom is -0.496 e. The van der Waals surface area contributed by atoms with Crippen LogP contribution in [0.15, 0.2) is 17.0 Å². The standard InChI is InChI=1S/C9H12N2O4S/c1-15-7-4-6(10)8(16(2,13)14)3-5(7)9(11)12/h3-4H,10H2,1-2H3,(H2,11,12). The van der Waals surface area contributed by atoms with Crippen LogP contribution in [0.3, 0.4) is 0 Å². The molecule has 16 heavy (non-hydrogen) atoms. The molecule has 0 fully saturated rings. The second kappa shape index (κ2) is 4.01. The fraction of sp³-hybridized carbons (Fsp3) is 0.222. The number of carbonyl (C=O) groups is 1. The molecule has 0 atom stereocenters. The molecule has 0 spiro atoms. The van der Waals surface area contributed by atoms with E-state index >= 15 is 0 Å². The van der Waals surface area contributed by atoms with Crippen molar-refractivity contribution in [2.24, 2.45) is 5.73 Å². The Morgan fingerprint density at radius 2 is 1.94 bits per heavy atom. The van der Waals surface area contributed by atoms with E-state index in [2.05, 4.69) is 0 Å². The normalized spacial score (nSPS) is 11.1. The van der Waals surface area contributed by atoms with Crippen LogP contribution in [-0.2, 0) is 9.84 Å². The molecule has 1 aromatic rings. The molecular formula is C9H12N2O4S. The van der Waals surface area contributed by atoms with Gasteiger partial charge in [0.2, 0.25) is 0 Å². The summed E-state index contributed by atoms with van der Waals surface area (Å²) in [6, 6.07) is 2.38. The molecule has 4 N–H and O–H groups in total. The Balaban J connectivity index is 3.58. The molecule has 88 valence electrons. The van der Waals surface area contributed by atoms with Gasteiger partial charge in [0.25, 0.3) is 5.91 Å². The lowest BCUT2D eigenvalue weighted by Crippen LogP contribution is -2.14. The number of benzene rings is 1. The van der Waals surface area contributed by atoms with Gasteiger partial charge < -0.3 is 16.2 Å². The molecule has 0 aromatic heterocycles. The molecule has 7 heteroatoms. The Morgan fingerprint density at radius 3 is 2.31 bits per heavy atom. The molecular weight excluding hydrogens is 232 g/mol. The van der Waals surface area contributed by atoms with E-state index in [4.69, 9.17) is 16.2 Å². The van der Waals surface area contributed by atoms with Gasteiger partial charge in [-0.05, 0) is 6.07 Å². The van der Waals surface area contributed by atoms with Crippen LogP contribution in [0.4, 0.5) is 5.69 Å². The second-order valence-corrected chi connectivity index (χ2v) is 5.21. The first-order valence-electron chi connectivity index (χ1n) is 4.24. The van der Waals surface area contributed by atoms with Crippen LogP contribution in [0, 0.1) is 0 Å². The maximum Gasteiger partial charge on any atom is 0.252 e. The molecule has 0 aliphatic carbocycles. The highest BCUT2D eigenvalue weighted by Gasteiger charge is 2.18. The van der Waals surface area contributed by atoms with Gasteiger partial charge in [-0.15, -0.1) is 0 Å². The number of anilines is 1. The summed E-state index contributed by atoms with van der Waals surface area (Å²) in [7, 11) is -2.17. The summed E-state index contributed by atoms with van der Waals surface area (Å²) < 4.78 is 27.6. The van der Waals surface area contributed by atoms with Crippen LogP contribution in [0.25, 0.3) is 0 Å². The number of rotatable bonds is 3. The quantitative estimate of drug-likeness (QED) is 0.714. The summed E-state index contributed by atoms with van der Waals surface area (Å²) in [5.74, 6) is -0.626. The summed E-state index contributed by atoms with van der Waals surface area (Å²) in [6.45, 7) is 0.